The molecule has 3 atom stereocenters. The molecule has 0 saturated carbocycles. The number of benzene rings is 1. The molecule has 3 rings (SSSR count). The number of rotatable bonds is 5. The highest BCUT2D eigenvalue weighted by Gasteiger charge is 2.33. The van der Waals surface area contributed by atoms with Crippen molar-refractivity contribution in [3.05, 3.63) is 42.1 Å². The van der Waals surface area contributed by atoms with Crippen molar-refractivity contribution >= 4 is 10.9 Å². The molecule has 0 radical (unpaired) electrons. The van der Waals surface area contributed by atoms with Crippen molar-refractivity contribution in [2.24, 2.45) is 11.8 Å². The third-order valence-electron chi connectivity index (χ3n) is 4.57. The third kappa shape index (κ3) is 2.93. The standard InChI is InChI=1S/C17H23N3O/c1-2-17-14(8-10-21-17)16(20-18)11-12-7-9-19-15-6-4-3-5-13(12)15/h3-7,9,14,16-17,20H,2,8,10-11,18H2,1H3. The summed E-state index contributed by atoms with van der Waals surface area (Å²) in [4.78, 5) is 4.43. The first-order valence-corrected chi connectivity index (χ1v) is 7.73. The zero-order valence-corrected chi connectivity index (χ0v) is 12.5. The Morgan fingerprint density at radius 2 is 2.24 bits per heavy atom. The maximum atomic E-state index is 5.84. The molecule has 21 heavy (non-hydrogen) atoms. The molecule has 2 aromatic rings. The minimum atomic E-state index is 0.239. The first kappa shape index (κ1) is 14.4. The SMILES string of the molecule is CCC1OCCC1C(Cc1ccnc2ccccc12)NN. The predicted octanol–water partition coefficient (Wildman–Crippen LogP) is 2.42. The summed E-state index contributed by atoms with van der Waals surface area (Å²) in [6.45, 7) is 3.02. The minimum absolute atomic E-state index is 0.239. The highest BCUT2D eigenvalue weighted by molar-refractivity contribution is 5.81. The maximum absolute atomic E-state index is 5.84. The van der Waals surface area contributed by atoms with E-state index in [1.54, 1.807) is 0 Å². The Kier molecular flexibility index (Phi) is 4.48. The zero-order valence-electron chi connectivity index (χ0n) is 12.5. The second kappa shape index (κ2) is 6.52. The molecule has 2 heterocycles. The van der Waals surface area contributed by atoms with Gasteiger partial charge in [0.1, 0.15) is 0 Å². The lowest BCUT2D eigenvalue weighted by molar-refractivity contribution is 0.0775. The number of nitrogens with one attached hydrogen (secondary N) is 1. The van der Waals surface area contributed by atoms with Crippen molar-refractivity contribution in [2.45, 2.75) is 38.3 Å². The summed E-state index contributed by atoms with van der Waals surface area (Å²) in [5.41, 5.74) is 5.36. The van der Waals surface area contributed by atoms with Gasteiger partial charge in [-0.15, -0.1) is 0 Å². The van der Waals surface area contributed by atoms with Crippen LogP contribution in [0.3, 0.4) is 0 Å². The van der Waals surface area contributed by atoms with Gasteiger partial charge in [-0.1, -0.05) is 25.1 Å². The maximum Gasteiger partial charge on any atom is 0.0704 e. The number of nitrogens with zero attached hydrogens (tertiary/aromatic N) is 1. The Morgan fingerprint density at radius 1 is 1.38 bits per heavy atom. The second-order valence-corrected chi connectivity index (χ2v) is 5.73. The number of ether oxygens (including phenoxy) is 1. The third-order valence-corrected chi connectivity index (χ3v) is 4.57. The summed E-state index contributed by atoms with van der Waals surface area (Å²) in [5.74, 6) is 6.32. The van der Waals surface area contributed by atoms with Crippen LogP contribution in [0.4, 0.5) is 0 Å². The average Bonchev–Trinajstić information content (AvgIpc) is 3.01. The van der Waals surface area contributed by atoms with E-state index in [-0.39, 0.29) is 6.04 Å². The highest BCUT2D eigenvalue weighted by Crippen LogP contribution is 2.29. The Morgan fingerprint density at radius 3 is 3.05 bits per heavy atom. The number of hydrogen-bond acceptors (Lipinski definition) is 4. The summed E-state index contributed by atoms with van der Waals surface area (Å²) in [5, 5.41) is 1.22. The molecular formula is C17H23N3O. The predicted molar refractivity (Wildman–Crippen MR) is 84.7 cm³/mol. The van der Waals surface area contributed by atoms with E-state index in [0.717, 1.165) is 31.4 Å². The van der Waals surface area contributed by atoms with Gasteiger partial charge in [0.05, 0.1) is 11.6 Å². The van der Waals surface area contributed by atoms with E-state index in [0.29, 0.717) is 12.0 Å². The van der Waals surface area contributed by atoms with Crippen LogP contribution in [0, 0.1) is 5.92 Å². The molecule has 0 bridgehead atoms. The summed E-state index contributed by atoms with van der Waals surface area (Å²) in [6.07, 6.45) is 5.23. The normalized spacial score (nSPS) is 23.5. The molecule has 4 nitrogen and oxygen atoms in total. The van der Waals surface area contributed by atoms with E-state index >= 15 is 0 Å². The van der Waals surface area contributed by atoms with Crippen LogP contribution >= 0.6 is 0 Å². The van der Waals surface area contributed by atoms with Crippen LogP contribution in [0.2, 0.25) is 0 Å². The number of fused-ring (bicyclic) bond motifs is 1. The molecule has 0 aliphatic carbocycles. The summed E-state index contributed by atoms with van der Waals surface area (Å²) in [6, 6.07) is 10.6. The molecule has 112 valence electrons. The van der Waals surface area contributed by atoms with Crippen LogP contribution in [-0.2, 0) is 11.2 Å². The Hall–Kier alpha value is -1.49. The Labute approximate surface area is 125 Å². The van der Waals surface area contributed by atoms with Gasteiger partial charge < -0.3 is 4.74 Å². The van der Waals surface area contributed by atoms with E-state index < -0.39 is 0 Å². The van der Waals surface area contributed by atoms with Gasteiger partial charge in [-0.25, -0.2) is 0 Å². The van der Waals surface area contributed by atoms with E-state index in [4.69, 9.17) is 10.6 Å². The van der Waals surface area contributed by atoms with Crippen LogP contribution in [-0.4, -0.2) is 23.7 Å². The Balaban J connectivity index is 1.86. The van der Waals surface area contributed by atoms with Gasteiger partial charge in [-0.2, -0.15) is 0 Å². The van der Waals surface area contributed by atoms with Crippen molar-refractivity contribution in [3.63, 3.8) is 0 Å². The van der Waals surface area contributed by atoms with Gasteiger partial charge in [0.2, 0.25) is 0 Å². The molecule has 3 unspecified atom stereocenters. The fraction of sp³-hybridized carbons (Fsp3) is 0.471. The molecule has 1 saturated heterocycles. The zero-order chi connectivity index (χ0) is 14.7. The molecule has 0 spiro atoms. The van der Waals surface area contributed by atoms with Crippen molar-refractivity contribution in [1.82, 2.24) is 10.4 Å². The lowest BCUT2D eigenvalue weighted by Crippen LogP contribution is -2.45. The van der Waals surface area contributed by atoms with Crippen molar-refractivity contribution in [3.8, 4) is 0 Å². The molecule has 3 N–H and O–H groups in total. The van der Waals surface area contributed by atoms with Gasteiger partial charge in [-0.3, -0.25) is 16.3 Å². The number of hydrogen-bond donors (Lipinski definition) is 2. The molecule has 1 aliphatic rings. The number of para-hydroxylation sites is 1. The van der Waals surface area contributed by atoms with Crippen LogP contribution in [0.5, 0.6) is 0 Å². The number of nitrogens with two attached hydrogens (primary N) is 1. The first-order chi connectivity index (χ1) is 10.3. The molecule has 1 aromatic heterocycles. The molecule has 1 aliphatic heterocycles. The summed E-state index contributed by atoms with van der Waals surface area (Å²) < 4.78 is 5.81. The summed E-state index contributed by atoms with van der Waals surface area (Å²) >= 11 is 0. The number of aromatic nitrogens is 1. The van der Waals surface area contributed by atoms with E-state index in [1.807, 2.05) is 12.3 Å². The topological polar surface area (TPSA) is 60.2 Å². The van der Waals surface area contributed by atoms with Crippen molar-refractivity contribution < 1.29 is 4.74 Å². The van der Waals surface area contributed by atoms with Crippen LogP contribution < -0.4 is 11.3 Å². The van der Waals surface area contributed by atoms with Crippen LogP contribution in [0.15, 0.2) is 36.5 Å². The van der Waals surface area contributed by atoms with Gasteiger partial charge in [0, 0.05) is 30.1 Å². The lowest BCUT2D eigenvalue weighted by atomic mass is 9.87. The fourth-order valence-corrected chi connectivity index (χ4v) is 3.45. The smallest absolute Gasteiger partial charge is 0.0704 e. The minimum Gasteiger partial charge on any atom is -0.378 e. The number of pyridine rings is 1. The quantitative estimate of drug-likeness (QED) is 0.654. The Bertz CT molecular complexity index is 596. The molecule has 1 aromatic carbocycles. The van der Waals surface area contributed by atoms with Gasteiger partial charge in [0.15, 0.2) is 0 Å². The van der Waals surface area contributed by atoms with E-state index in [2.05, 4.69) is 41.6 Å². The molecule has 1 fully saturated rings. The first-order valence-electron chi connectivity index (χ1n) is 7.73. The molecular weight excluding hydrogens is 262 g/mol. The van der Waals surface area contributed by atoms with Gasteiger partial charge in [0.25, 0.3) is 0 Å². The van der Waals surface area contributed by atoms with E-state index in [1.165, 1.54) is 10.9 Å². The highest BCUT2D eigenvalue weighted by atomic mass is 16.5. The van der Waals surface area contributed by atoms with Crippen LogP contribution in [0.1, 0.15) is 25.3 Å². The van der Waals surface area contributed by atoms with Crippen molar-refractivity contribution in [2.75, 3.05) is 6.61 Å². The monoisotopic (exact) mass is 285 g/mol. The molecule has 4 heteroatoms. The molecule has 0 amide bonds. The van der Waals surface area contributed by atoms with Crippen molar-refractivity contribution in [1.29, 1.82) is 0 Å². The number of hydrazine groups is 1. The average molecular weight is 285 g/mol. The summed E-state index contributed by atoms with van der Waals surface area (Å²) in [7, 11) is 0. The van der Waals surface area contributed by atoms with Gasteiger partial charge in [-0.05, 0) is 37.0 Å². The van der Waals surface area contributed by atoms with E-state index in [9.17, 15) is 0 Å². The lowest BCUT2D eigenvalue weighted by Gasteiger charge is -2.27. The largest absolute Gasteiger partial charge is 0.378 e. The fourth-order valence-electron chi connectivity index (χ4n) is 3.45. The second-order valence-electron chi connectivity index (χ2n) is 5.73. The van der Waals surface area contributed by atoms with Gasteiger partial charge >= 0.3 is 0 Å². The van der Waals surface area contributed by atoms with Crippen LogP contribution in [0.25, 0.3) is 10.9 Å².